The van der Waals surface area contributed by atoms with Crippen LogP contribution in [0.25, 0.3) is 5.65 Å². The van der Waals surface area contributed by atoms with E-state index in [-0.39, 0.29) is 21.1 Å². The standard InChI is InChI=1S/C23H19FN2O3S/c1-16-3-2-4-21(23(16)24)30(28,29)19-9-5-17(6-10-19)7-11-20(27)18-8-12-22-25-13-14-26(22)15-18/h2-6,8-10,12-15H,7,11H2,1H3. The highest BCUT2D eigenvalue weighted by Crippen LogP contribution is 2.25. The Kier molecular flexibility index (Phi) is 5.22. The molecule has 0 radical (unpaired) electrons. The molecule has 0 aliphatic rings. The molecule has 152 valence electrons. The van der Waals surface area contributed by atoms with Crippen molar-refractivity contribution in [2.45, 2.75) is 29.6 Å². The third kappa shape index (κ3) is 3.76. The van der Waals surface area contributed by atoms with Gasteiger partial charge >= 0.3 is 0 Å². The molecule has 0 unspecified atom stereocenters. The number of fused-ring (bicyclic) bond motifs is 1. The molecule has 0 aliphatic carbocycles. The van der Waals surface area contributed by atoms with Gasteiger partial charge in [0.15, 0.2) is 5.78 Å². The summed E-state index contributed by atoms with van der Waals surface area (Å²) in [4.78, 5) is 16.3. The summed E-state index contributed by atoms with van der Waals surface area (Å²) in [6.07, 6.45) is 5.96. The van der Waals surface area contributed by atoms with Crippen molar-refractivity contribution in [2.24, 2.45) is 0 Å². The van der Waals surface area contributed by atoms with E-state index in [1.807, 2.05) is 0 Å². The number of hydrogen-bond acceptors (Lipinski definition) is 4. The van der Waals surface area contributed by atoms with E-state index in [1.54, 1.807) is 47.3 Å². The fraction of sp³-hybridized carbons (Fsp3) is 0.130. The van der Waals surface area contributed by atoms with Crippen molar-refractivity contribution >= 4 is 21.3 Å². The Morgan fingerprint density at radius 3 is 2.60 bits per heavy atom. The molecule has 4 rings (SSSR count). The monoisotopic (exact) mass is 422 g/mol. The van der Waals surface area contributed by atoms with Crippen molar-refractivity contribution in [3.8, 4) is 0 Å². The average Bonchev–Trinajstić information content (AvgIpc) is 3.22. The van der Waals surface area contributed by atoms with Crippen LogP contribution in [0.1, 0.15) is 27.9 Å². The lowest BCUT2D eigenvalue weighted by Gasteiger charge is -2.08. The minimum absolute atomic E-state index is 0.0101. The predicted octanol–water partition coefficient (Wildman–Crippen LogP) is 4.43. The van der Waals surface area contributed by atoms with Gasteiger partial charge in [-0.25, -0.2) is 17.8 Å². The molecule has 2 aromatic carbocycles. The Bertz CT molecular complexity index is 1340. The topological polar surface area (TPSA) is 68.5 Å². The van der Waals surface area contributed by atoms with Crippen LogP contribution >= 0.6 is 0 Å². The molecule has 0 bridgehead atoms. The van der Waals surface area contributed by atoms with Crippen LogP contribution in [-0.4, -0.2) is 23.6 Å². The third-order valence-corrected chi connectivity index (χ3v) is 6.82. The number of sulfone groups is 1. The molecule has 7 heteroatoms. The van der Waals surface area contributed by atoms with E-state index >= 15 is 0 Å². The number of pyridine rings is 1. The van der Waals surface area contributed by atoms with Crippen LogP contribution in [0.5, 0.6) is 0 Å². The first kappa shape index (κ1) is 20.0. The van der Waals surface area contributed by atoms with Crippen molar-refractivity contribution in [2.75, 3.05) is 0 Å². The highest BCUT2D eigenvalue weighted by Gasteiger charge is 2.22. The third-order valence-electron chi connectivity index (χ3n) is 5.03. The predicted molar refractivity (Wildman–Crippen MR) is 111 cm³/mol. The highest BCUT2D eigenvalue weighted by atomic mass is 32.2. The lowest BCUT2D eigenvalue weighted by atomic mass is 10.0. The van der Waals surface area contributed by atoms with Gasteiger partial charge < -0.3 is 4.40 Å². The minimum Gasteiger partial charge on any atom is -0.306 e. The number of carbonyl (C=O) groups is 1. The number of aryl methyl sites for hydroxylation is 2. The highest BCUT2D eigenvalue weighted by molar-refractivity contribution is 7.91. The van der Waals surface area contributed by atoms with Crippen LogP contribution in [0.2, 0.25) is 0 Å². The van der Waals surface area contributed by atoms with Gasteiger partial charge in [-0.2, -0.15) is 0 Å². The Labute approximate surface area is 173 Å². The van der Waals surface area contributed by atoms with Crippen molar-refractivity contribution in [1.29, 1.82) is 0 Å². The van der Waals surface area contributed by atoms with Gasteiger partial charge in [0, 0.05) is 30.6 Å². The molecule has 4 aromatic rings. The number of benzene rings is 2. The summed E-state index contributed by atoms with van der Waals surface area (Å²) >= 11 is 0. The number of halogens is 1. The Morgan fingerprint density at radius 2 is 1.83 bits per heavy atom. The van der Waals surface area contributed by atoms with Gasteiger partial charge in [-0.1, -0.05) is 24.3 Å². The average molecular weight is 422 g/mol. The first-order valence-corrected chi connectivity index (χ1v) is 10.9. The van der Waals surface area contributed by atoms with E-state index in [0.29, 0.717) is 18.4 Å². The lowest BCUT2D eigenvalue weighted by molar-refractivity contribution is 0.0982. The van der Waals surface area contributed by atoms with Gasteiger partial charge in [-0.15, -0.1) is 0 Å². The second-order valence-electron chi connectivity index (χ2n) is 7.07. The molecular formula is C23H19FN2O3S. The molecule has 0 atom stereocenters. The molecule has 0 saturated carbocycles. The van der Waals surface area contributed by atoms with Gasteiger partial charge in [-0.05, 0) is 54.8 Å². The normalized spacial score (nSPS) is 11.7. The number of aromatic nitrogens is 2. The summed E-state index contributed by atoms with van der Waals surface area (Å²) in [5, 5.41) is 0. The second-order valence-corrected chi connectivity index (χ2v) is 8.99. The number of hydrogen-bond donors (Lipinski definition) is 0. The summed E-state index contributed by atoms with van der Waals surface area (Å²) in [5.41, 5.74) is 2.47. The first-order chi connectivity index (χ1) is 14.4. The van der Waals surface area contributed by atoms with Crippen LogP contribution < -0.4 is 0 Å². The molecule has 0 spiro atoms. The molecule has 0 N–H and O–H groups in total. The van der Waals surface area contributed by atoms with Crippen molar-refractivity contribution in [3.05, 3.63) is 95.7 Å². The van der Waals surface area contributed by atoms with Crippen molar-refractivity contribution in [3.63, 3.8) is 0 Å². The molecule has 2 heterocycles. The van der Waals surface area contributed by atoms with Crippen molar-refractivity contribution in [1.82, 2.24) is 9.38 Å². The van der Waals surface area contributed by atoms with Crippen LogP contribution in [-0.2, 0) is 16.3 Å². The number of Topliss-reactive ketones (excluding diaryl/α,β-unsaturated/α-hetero) is 1. The van der Waals surface area contributed by atoms with Crippen LogP contribution in [0.15, 0.2) is 83.0 Å². The van der Waals surface area contributed by atoms with Gasteiger partial charge in [0.2, 0.25) is 9.84 Å². The summed E-state index contributed by atoms with van der Waals surface area (Å²) in [6, 6.07) is 14.1. The Balaban J connectivity index is 1.48. The maximum Gasteiger partial charge on any atom is 0.209 e. The largest absolute Gasteiger partial charge is 0.306 e. The summed E-state index contributed by atoms with van der Waals surface area (Å²) in [7, 11) is -3.95. The zero-order chi connectivity index (χ0) is 21.3. The number of carbonyl (C=O) groups excluding carboxylic acids is 1. The summed E-state index contributed by atoms with van der Waals surface area (Å²) < 4.78 is 41.6. The van der Waals surface area contributed by atoms with E-state index in [1.165, 1.54) is 37.3 Å². The maximum absolute atomic E-state index is 14.3. The smallest absolute Gasteiger partial charge is 0.209 e. The van der Waals surface area contributed by atoms with Gasteiger partial charge in [0.05, 0.1) is 4.90 Å². The summed E-state index contributed by atoms with van der Waals surface area (Å²) in [5.74, 6) is -0.744. The van der Waals surface area contributed by atoms with Crippen LogP contribution in [0.3, 0.4) is 0 Å². The molecule has 0 amide bonds. The van der Waals surface area contributed by atoms with Crippen LogP contribution in [0.4, 0.5) is 4.39 Å². The fourth-order valence-corrected chi connectivity index (χ4v) is 4.68. The Hall–Kier alpha value is -3.32. The van der Waals surface area contributed by atoms with E-state index in [2.05, 4.69) is 4.98 Å². The molecule has 5 nitrogen and oxygen atoms in total. The van der Waals surface area contributed by atoms with E-state index in [4.69, 9.17) is 0 Å². The quantitative estimate of drug-likeness (QED) is 0.431. The zero-order valence-electron chi connectivity index (χ0n) is 16.2. The molecule has 30 heavy (non-hydrogen) atoms. The number of ketones is 1. The number of imidazole rings is 1. The molecule has 0 saturated heterocycles. The Morgan fingerprint density at radius 1 is 1.07 bits per heavy atom. The number of nitrogens with zero attached hydrogens (tertiary/aromatic N) is 2. The molecular weight excluding hydrogens is 403 g/mol. The van der Waals surface area contributed by atoms with Crippen LogP contribution in [0, 0.1) is 12.7 Å². The van der Waals surface area contributed by atoms with E-state index < -0.39 is 15.7 Å². The van der Waals surface area contributed by atoms with Gasteiger partial charge in [-0.3, -0.25) is 4.79 Å². The SMILES string of the molecule is Cc1cccc(S(=O)(=O)c2ccc(CCC(=O)c3ccc4nccn4c3)cc2)c1F. The number of rotatable bonds is 6. The molecule has 0 aliphatic heterocycles. The fourth-order valence-electron chi connectivity index (χ4n) is 3.28. The van der Waals surface area contributed by atoms with Gasteiger partial charge in [0.25, 0.3) is 0 Å². The maximum atomic E-state index is 14.3. The minimum atomic E-state index is -3.95. The summed E-state index contributed by atoms with van der Waals surface area (Å²) in [6.45, 7) is 1.53. The first-order valence-electron chi connectivity index (χ1n) is 9.41. The molecule has 0 fully saturated rings. The lowest BCUT2D eigenvalue weighted by Crippen LogP contribution is -2.06. The van der Waals surface area contributed by atoms with E-state index in [0.717, 1.165) is 11.2 Å². The van der Waals surface area contributed by atoms with E-state index in [9.17, 15) is 17.6 Å². The second kappa shape index (κ2) is 7.84. The van der Waals surface area contributed by atoms with Gasteiger partial charge in [0.1, 0.15) is 16.4 Å². The zero-order valence-corrected chi connectivity index (χ0v) is 17.1. The molecule has 2 aromatic heterocycles. The van der Waals surface area contributed by atoms with Crippen molar-refractivity contribution < 1.29 is 17.6 Å².